The minimum atomic E-state index is -0.136. The lowest BCUT2D eigenvalue weighted by atomic mass is 10.1. The Morgan fingerprint density at radius 3 is 2.42 bits per heavy atom. The summed E-state index contributed by atoms with van der Waals surface area (Å²) in [6.45, 7) is -0.0388. The number of carbonyl (C=O) groups excluding carboxylic acids is 2. The van der Waals surface area contributed by atoms with Gasteiger partial charge in [0.2, 0.25) is 0 Å². The summed E-state index contributed by atoms with van der Waals surface area (Å²) in [6.07, 6.45) is 3.21. The fourth-order valence-corrected chi connectivity index (χ4v) is 2.47. The smallest absolute Gasteiger partial charge is 0.259 e. The fraction of sp³-hybridized carbons (Fsp3) is 0.200. The molecule has 0 atom stereocenters. The van der Waals surface area contributed by atoms with Gasteiger partial charge in [0.25, 0.3) is 5.91 Å². The average Bonchev–Trinajstić information content (AvgIpc) is 2.64. The van der Waals surface area contributed by atoms with E-state index >= 15 is 0 Å². The van der Waals surface area contributed by atoms with Crippen molar-refractivity contribution in [3.63, 3.8) is 0 Å². The second-order valence-corrected chi connectivity index (χ2v) is 6.60. The summed E-state index contributed by atoms with van der Waals surface area (Å²) >= 11 is 3.40. The van der Waals surface area contributed by atoms with Crippen LogP contribution in [0.4, 0.5) is 0 Å². The molecule has 0 heterocycles. The topological polar surface area (TPSA) is 55.8 Å². The Morgan fingerprint density at radius 2 is 1.81 bits per heavy atom. The van der Waals surface area contributed by atoms with Crippen molar-refractivity contribution >= 4 is 33.7 Å². The van der Waals surface area contributed by atoms with Crippen LogP contribution in [0.25, 0.3) is 6.08 Å². The van der Waals surface area contributed by atoms with Gasteiger partial charge in [-0.05, 0) is 54.6 Å². The van der Waals surface area contributed by atoms with Gasteiger partial charge in [-0.1, -0.05) is 15.9 Å². The molecular formula is C20H20BrNO4. The van der Waals surface area contributed by atoms with Crippen molar-refractivity contribution in [2.24, 2.45) is 0 Å². The van der Waals surface area contributed by atoms with Crippen molar-refractivity contribution < 1.29 is 19.1 Å². The van der Waals surface area contributed by atoms with Gasteiger partial charge in [-0.3, -0.25) is 9.59 Å². The van der Waals surface area contributed by atoms with E-state index in [0.29, 0.717) is 17.1 Å². The number of methoxy groups -OCH3 is 1. The second kappa shape index (κ2) is 9.20. The van der Waals surface area contributed by atoms with E-state index in [1.165, 1.54) is 11.0 Å². The van der Waals surface area contributed by atoms with Crippen molar-refractivity contribution in [3.05, 3.63) is 64.1 Å². The molecule has 0 N–H and O–H groups in total. The molecule has 0 radical (unpaired) electrons. The van der Waals surface area contributed by atoms with E-state index in [1.807, 2.05) is 18.2 Å². The van der Waals surface area contributed by atoms with Crippen LogP contribution in [-0.4, -0.2) is 44.4 Å². The van der Waals surface area contributed by atoms with Crippen molar-refractivity contribution in [2.45, 2.75) is 0 Å². The molecule has 0 aliphatic heterocycles. The molecule has 0 aromatic heterocycles. The van der Waals surface area contributed by atoms with E-state index in [-0.39, 0.29) is 18.3 Å². The maximum Gasteiger partial charge on any atom is 0.259 e. The molecule has 136 valence electrons. The molecule has 0 unspecified atom stereocenters. The van der Waals surface area contributed by atoms with Gasteiger partial charge >= 0.3 is 0 Å². The first-order valence-electron chi connectivity index (χ1n) is 7.89. The standard InChI is InChI=1S/C20H20BrNO4/c1-22(2)20(24)13-26-17-8-4-14(5-9-17)18(23)10-6-15-12-16(21)7-11-19(15)25-3/h4-12H,13H2,1-3H3. The molecule has 0 bridgehead atoms. The average molecular weight is 418 g/mol. The Kier molecular flexibility index (Phi) is 6.97. The number of amides is 1. The van der Waals surface area contributed by atoms with Gasteiger partial charge in [-0.2, -0.15) is 0 Å². The largest absolute Gasteiger partial charge is 0.496 e. The normalized spacial score (nSPS) is 10.6. The molecule has 0 saturated heterocycles. The lowest BCUT2D eigenvalue weighted by Gasteiger charge is -2.11. The second-order valence-electron chi connectivity index (χ2n) is 5.69. The van der Waals surface area contributed by atoms with Crippen LogP contribution in [0.1, 0.15) is 15.9 Å². The highest BCUT2D eigenvalue weighted by molar-refractivity contribution is 9.10. The van der Waals surface area contributed by atoms with Crippen LogP contribution in [0.5, 0.6) is 11.5 Å². The molecule has 1 amide bonds. The predicted octanol–water partition coefficient (Wildman–Crippen LogP) is 3.82. The van der Waals surface area contributed by atoms with Crippen LogP contribution >= 0.6 is 15.9 Å². The Morgan fingerprint density at radius 1 is 1.12 bits per heavy atom. The molecule has 0 aliphatic rings. The number of halogens is 1. The van der Waals surface area contributed by atoms with Crippen molar-refractivity contribution in [3.8, 4) is 11.5 Å². The van der Waals surface area contributed by atoms with Crippen LogP contribution in [-0.2, 0) is 4.79 Å². The molecular weight excluding hydrogens is 398 g/mol. The predicted molar refractivity (Wildman–Crippen MR) is 105 cm³/mol. The Labute approximate surface area is 161 Å². The molecule has 0 aliphatic carbocycles. The van der Waals surface area contributed by atoms with E-state index in [0.717, 1.165) is 10.0 Å². The maximum absolute atomic E-state index is 12.3. The van der Waals surface area contributed by atoms with Crippen LogP contribution in [0.2, 0.25) is 0 Å². The van der Waals surface area contributed by atoms with E-state index in [2.05, 4.69) is 15.9 Å². The zero-order valence-corrected chi connectivity index (χ0v) is 16.4. The van der Waals surface area contributed by atoms with Gasteiger partial charge in [-0.15, -0.1) is 0 Å². The highest BCUT2D eigenvalue weighted by atomic mass is 79.9. The minimum Gasteiger partial charge on any atom is -0.496 e. The zero-order chi connectivity index (χ0) is 19.1. The summed E-state index contributed by atoms with van der Waals surface area (Å²) in [6, 6.07) is 12.3. The van der Waals surface area contributed by atoms with E-state index < -0.39 is 0 Å². The molecule has 0 spiro atoms. The highest BCUT2D eigenvalue weighted by Crippen LogP contribution is 2.24. The number of ketones is 1. The van der Waals surface area contributed by atoms with Crippen LogP contribution < -0.4 is 9.47 Å². The first-order chi connectivity index (χ1) is 12.4. The van der Waals surface area contributed by atoms with E-state index in [9.17, 15) is 9.59 Å². The van der Waals surface area contributed by atoms with Crippen LogP contribution in [0, 0.1) is 0 Å². The third-order valence-electron chi connectivity index (χ3n) is 3.61. The molecule has 2 aromatic carbocycles. The van der Waals surface area contributed by atoms with Crippen molar-refractivity contribution in [1.82, 2.24) is 4.90 Å². The third kappa shape index (κ3) is 5.46. The minimum absolute atomic E-state index is 0.0388. The first kappa shape index (κ1) is 19.7. The number of hydrogen-bond donors (Lipinski definition) is 0. The number of likely N-dealkylation sites (N-methyl/N-ethyl adjacent to an activating group) is 1. The van der Waals surface area contributed by atoms with Gasteiger partial charge in [0, 0.05) is 29.7 Å². The monoisotopic (exact) mass is 417 g/mol. The van der Waals surface area contributed by atoms with Gasteiger partial charge in [0.05, 0.1) is 7.11 Å². The Balaban J connectivity index is 2.04. The number of benzene rings is 2. The molecule has 26 heavy (non-hydrogen) atoms. The summed E-state index contributed by atoms with van der Waals surface area (Å²) in [7, 11) is 4.92. The van der Waals surface area contributed by atoms with Crippen molar-refractivity contribution in [2.75, 3.05) is 27.8 Å². The number of rotatable bonds is 7. The summed E-state index contributed by atoms with van der Waals surface area (Å²) in [5.41, 5.74) is 1.33. The van der Waals surface area contributed by atoms with Gasteiger partial charge in [-0.25, -0.2) is 0 Å². The number of nitrogens with zero attached hydrogens (tertiary/aromatic N) is 1. The summed E-state index contributed by atoms with van der Waals surface area (Å²) in [5, 5.41) is 0. The Bertz CT molecular complexity index is 813. The quantitative estimate of drug-likeness (QED) is 0.507. The van der Waals surface area contributed by atoms with Gasteiger partial charge in [0.15, 0.2) is 12.4 Å². The first-order valence-corrected chi connectivity index (χ1v) is 8.69. The molecule has 0 saturated carbocycles. The summed E-state index contributed by atoms with van der Waals surface area (Å²) in [4.78, 5) is 25.3. The van der Waals surface area contributed by atoms with Gasteiger partial charge in [0.1, 0.15) is 11.5 Å². The lowest BCUT2D eigenvalue weighted by molar-refractivity contribution is -0.130. The lowest BCUT2D eigenvalue weighted by Crippen LogP contribution is -2.27. The molecule has 0 fully saturated rings. The SMILES string of the molecule is COc1ccc(Br)cc1C=CC(=O)c1ccc(OCC(=O)N(C)C)cc1. The van der Waals surface area contributed by atoms with Crippen LogP contribution in [0.3, 0.4) is 0 Å². The number of hydrogen-bond acceptors (Lipinski definition) is 4. The van der Waals surface area contributed by atoms with Gasteiger partial charge < -0.3 is 14.4 Å². The molecule has 2 aromatic rings. The fourth-order valence-electron chi connectivity index (χ4n) is 2.09. The Hall–Kier alpha value is -2.60. The number of carbonyl (C=O) groups is 2. The summed E-state index contributed by atoms with van der Waals surface area (Å²) in [5.74, 6) is 0.958. The number of allylic oxidation sites excluding steroid dienone is 1. The highest BCUT2D eigenvalue weighted by Gasteiger charge is 2.07. The van der Waals surface area contributed by atoms with E-state index in [4.69, 9.17) is 9.47 Å². The molecule has 5 nitrogen and oxygen atoms in total. The van der Waals surface area contributed by atoms with Crippen LogP contribution in [0.15, 0.2) is 53.0 Å². The third-order valence-corrected chi connectivity index (χ3v) is 4.10. The summed E-state index contributed by atoms with van der Waals surface area (Å²) < 4.78 is 11.6. The zero-order valence-electron chi connectivity index (χ0n) is 14.9. The number of ether oxygens (including phenoxy) is 2. The maximum atomic E-state index is 12.3. The van der Waals surface area contributed by atoms with Crippen molar-refractivity contribution in [1.29, 1.82) is 0 Å². The molecule has 6 heteroatoms. The van der Waals surface area contributed by atoms with E-state index in [1.54, 1.807) is 51.5 Å². The molecule has 2 rings (SSSR count).